The van der Waals surface area contributed by atoms with Crippen molar-refractivity contribution in [2.24, 2.45) is 5.41 Å². The van der Waals surface area contributed by atoms with Crippen molar-refractivity contribution in [3.05, 3.63) is 29.8 Å². The van der Waals surface area contributed by atoms with Crippen molar-refractivity contribution in [2.75, 3.05) is 7.11 Å². The molecule has 20 heavy (non-hydrogen) atoms. The minimum Gasteiger partial charge on any atom is -0.508 e. The summed E-state index contributed by atoms with van der Waals surface area (Å²) in [4.78, 5) is 4.18. The Bertz CT molecular complexity index is 605. The highest BCUT2D eigenvalue weighted by molar-refractivity contribution is 5.55. The summed E-state index contributed by atoms with van der Waals surface area (Å²) < 4.78 is 24.2. The molecule has 6 heteroatoms. The molecule has 0 aliphatic rings. The average Bonchev–Trinajstić information content (AvgIpc) is 2.77. The van der Waals surface area contributed by atoms with Gasteiger partial charge in [0.1, 0.15) is 17.7 Å². The molecule has 0 bridgehead atoms. The second-order valence-corrected chi connectivity index (χ2v) is 5.60. The summed E-state index contributed by atoms with van der Waals surface area (Å²) in [6.07, 6.45) is -0.361. The molecule has 1 unspecified atom stereocenters. The summed E-state index contributed by atoms with van der Waals surface area (Å²) >= 11 is 0. The molecule has 0 aliphatic carbocycles. The Labute approximate surface area is 116 Å². The number of phenols is 1. The van der Waals surface area contributed by atoms with Gasteiger partial charge in [-0.3, -0.25) is 0 Å². The molecule has 1 heterocycles. The smallest absolute Gasteiger partial charge is 0.260 e. The van der Waals surface area contributed by atoms with Crippen LogP contribution < -0.4 is 0 Å². The average molecular weight is 280 g/mol. The SMILES string of the molecule is COC(c1noc(-c2ccc(O)cc2F)n1)C(C)(C)C. The lowest BCUT2D eigenvalue weighted by Crippen LogP contribution is -2.21. The summed E-state index contributed by atoms with van der Waals surface area (Å²) in [5, 5.41) is 13.0. The van der Waals surface area contributed by atoms with Gasteiger partial charge in [0.2, 0.25) is 5.82 Å². The number of rotatable bonds is 3. The van der Waals surface area contributed by atoms with Gasteiger partial charge in [-0.2, -0.15) is 4.98 Å². The number of hydrogen-bond donors (Lipinski definition) is 1. The van der Waals surface area contributed by atoms with E-state index in [4.69, 9.17) is 9.26 Å². The molecule has 1 N–H and O–H groups in total. The Balaban J connectivity index is 2.38. The lowest BCUT2D eigenvalue weighted by atomic mass is 9.88. The standard InChI is InChI=1S/C14H17FN2O3/c1-14(2,3)11(19-4)12-16-13(20-17-12)9-6-5-8(18)7-10(9)15/h5-7,11,18H,1-4H3. The molecule has 1 atom stereocenters. The number of nitrogens with zero attached hydrogens (tertiary/aromatic N) is 2. The Morgan fingerprint density at radius 1 is 1.35 bits per heavy atom. The van der Waals surface area contributed by atoms with Crippen molar-refractivity contribution in [1.29, 1.82) is 0 Å². The van der Waals surface area contributed by atoms with E-state index < -0.39 is 5.82 Å². The first kappa shape index (κ1) is 14.5. The molecule has 0 fully saturated rings. The molecular formula is C14H17FN2O3. The van der Waals surface area contributed by atoms with Crippen LogP contribution in [0.5, 0.6) is 5.75 Å². The summed E-state index contributed by atoms with van der Waals surface area (Å²) in [7, 11) is 1.56. The van der Waals surface area contributed by atoms with E-state index in [0.717, 1.165) is 6.07 Å². The van der Waals surface area contributed by atoms with Gasteiger partial charge < -0.3 is 14.4 Å². The molecule has 0 radical (unpaired) electrons. The first-order chi connectivity index (χ1) is 9.32. The van der Waals surface area contributed by atoms with Gasteiger partial charge in [0, 0.05) is 13.2 Å². The molecule has 2 rings (SSSR count). The fourth-order valence-electron chi connectivity index (χ4n) is 1.97. The summed E-state index contributed by atoms with van der Waals surface area (Å²) in [5.74, 6) is -0.355. The van der Waals surface area contributed by atoms with Gasteiger partial charge in [-0.15, -0.1) is 0 Å². The number of benzene rings is 1. The minimum atomic E-state index is -0.620. The number of methoxy groups -OCH3 is 1. The second kappa shape index (κ2) is 5.20. The first-order valence-electron chi connectivity index (χ1n) is 6.18. The summed E-state index contributed by atoms with van der Waals surface area (Å²) in [6, 6.07) is 3.75. The lowest BCUT2D eigenvalue weighted by Gasteiger charge is -2.26. The maximum atomic E-state index is 13.7. The second-order valence-electron chi connectivity index (χ2n) is 5.60. The molecule has 0 amide bonds. The lowest BCUT2D eigenvalue weighted by molar-refractivity contribution is 0.00718. The molecule has 0 saturated carbocycles. The van der Waals surface area contributed by atoms with Crippen molar-refractivity contribution in [2.45, 2.75) is 26.9 Å². The van der Waals surface area contributed by atoms with E-state index in [2.05, 4.69) is 10.1 Å². The largest absolute Gasteiger partial charge is 0.508 e. The van der Waals surface area contributed by atoms with Gasteiger partial charge in [0.05, 0.1) is 5.56 Å². The maximum Gasteiger partial charge on any atom is 0.260 e. The topological polar surface area (TPSA) is 68.4 Å². The van der Waals surface area contributed by atoms with Crippen molar-refractivity contribution in [3.63, 3.8) is 0 Å². The van der Waals surface area contributed by atoms with Crippen LogP contribution in [0.1, 0.15) is 32.7 Å². The van der Waals surface area contributed by atoms with E-state index in [1.165, 1.54) is 12.1 Å². The predicted molar refractivity (Wildman–Crippen MR) is 70.6 cm³/mol. The number of hydrogen-bond acceptors (Lipinski definition) is 5. The number of halogens is 1. The van der Waals surface area contributed by atoms with Gasteiger partial charge in [0.25, 0.3) is 5.89 Å². The minimum absolute atomic E-state index is 0.0591. The van der Waals surface area contributed by atoms with Crippen LogP contribution in [-0.2, 0) is 4.74 Å². The molecule has 2 aromatic rings. The van der Waals surface area contributed by atoms with Gasteiger partial charge in [0.15, 0.2) is 0 Å². The third-order valence-electron chi connectivity index (χ3n) is 2.88. The fraction of sp³-hybridized carbons (Fsp3) is 0.429. The molecule has 0 saturated heterocycles. The Hall–Kier alpha value is -1.95. The summed E-state index contributed by atoms with van der Waals surface area (Å²) in [5.41, 5.74) is -0.0750. The molecule has 0 spiro atoms. The Morgan fingerprint density at radius 2 is 2.05 bits per heavy atom. The maximum absolute atomic E-state index is 13.7. The molecule has 5 nitrogen and oxygen atoms in total. The van der Waals surface area contributed by atoms with Crippen LogP contribution in [0.25, 0.3) is 11.5 Å². The summed E-state index contributed by atoms with van der Waals surface area (Å²) in [6.45, 7) is 5.95. The van der Waals surface area contributed by atoms with Gasteiger partial charge >= 0.3 is 0 Å². The zero-order valence-electron chi connectivity index (χ0n) is 11.8. The van der Waals surface area contributed by atoms with Gasteiger partial charge in [-0.05, 0) is 17.5 Å². The predicted octanol–water partition coefficient (Wildman–Crippen LogP) is 3.31. The molecule has 0 aliphatic heterocycles. The highest BCUT2D eigenvalue weighted by atomic mass is 19.1. The quantitative estimate of drug-likeness (QED) is 0.934. The van der Waals surface area contributed by atoms with E-state index in [9.17, 15) is 9.50 Å². The number of ether oxygens (including phenoxy) is 1. The van der Waals surface area contributed by atoms with Crippen molar-refractivity contribution < 1.29 is 18.8 Å². The number of phenolic OH excluding ortho intramolecular Hbond substituents is 1. The van der Waals surface area contributed by atoms with Crippen molar-refractivity contribution >= 4 is 0 Å². The molecular weight excluding hydrogens is 263 g/mol. The third-order valence-corrected chi connectivity index (χ3v) is 2.88. The normalized spacial score (nSPS) is 13.4. The van der Waals surface area contributed by atoms with Gasteiger partial charge in [-0.25, -0.2) is 4.39 Å². The molecule has 1 aromatic heterocycles. The van der Waals surface area contributed by atoms with E-state index in [-0.39, 0.29) is 28.7 Å². The fourth-order valence-corrected chi connectivity index (χ4v) is 1.97. The van der Waals surface area contributed by atoms with E-state index >= 15 is 0 Å². The van der Waals surface area contributed by atoms with Crippen LogP contribution in [0.3, 0.4) is 0 Å². The van der Waals surface area contributed by atoms with Crippen LogP contribution in [-0.4, -0.2) is 22.4 Å². The monoisotopic (exact) mass is 280 g/mol. The van der Waals surface area contributed by atoms with Gasteiger partial charge in [-0.1, -0.05) is 25.9 Å². The van der Waals surface area contributed by atoms with Crippen LogP contribution in [0, 0.1) is 11.2 Å². The first-order valence-corrected chi connectivity index (χ1v) is 6.18. The molecule has 1 aromatic carbocycles. The van der Waals surface area contributed by atoms with E-state index in [1.807, 2.05) is 20.8 Å². The third kappa shape index (κ3) is 2.80. The highest BCUT2D eigenvalue weighted by Crippen LogP contribution is 2.35. The number of aromatic hydroxyl groups is 1. The number of aromatic nitrogens is 2. The van der Waals surface area contributed by atoms with Crippen LogP contribution in [0.15, 0.2) is 22.7 Å². The highest BCUT2D eigenvalue weighted by Gasteiger charge is 2.31. The molecule has 108 valence electrons. The zero-order valence-corrected chi connectivity index (χ0v) is 11.8. The van der Waals surface area contributed by atoms with Crippen molar-refractivity contribution in [3.8, 4) is 17.2 Å². The van der Waals surface area contributed by atoms with E-state index in [1.54, 1.807) is 7.11 Å². The van der Waals surface area contributed by atoms with Crippen LogP contribution in [0.4, 0.5) is 4.39 Å². The zero-order chi connectivity index (χ0) is 14.9. The van der Waals surface area contributed by atoms with Crippen LogP contribution in [0.2, 0.25) is 0 Å². The Kier molecular flexibility index (Phi) is 3.76. The Morgan fingerprint density at radius 3 is 2.60 bits per heavy atom. The van der Waals surface area contributed by atoms with Crippen molar-refractivity contribution in [1.82, 2.24) is 10.1 Å². The van der Waals surface area contributed by atoms with Crippen LogP contribution >= 0.6 is 0 Å². The van der Waals surface area contributed by atoms with E-state index in [0.29, 0.717) is 5.82 Å².